The van der Waals surface area contributed by atoms with Gasteiger partial charge in [-0.15, -0.1) is 11.3 Å². The van der Waals surface area contributed by atoms with Crippen molar-refractivity contribution < 1.29 is 0 Å². The topological polar surface area (TPSA) is 46.8 Å². The third-order valence-electron chi connectivity index (χ3n) is 5.13. The molecule has 0 fully saturated rings. The summed E-state index contributed by atoms with van der Waals surface area (Å²) in [5.74, 6) is 0. The van der Waals surface area contributed by atoms with Gasteiger partial charge >= 0.3 is 0 Å². The van der Waals surface area contributed by atoms with Gasteiger partial charge in [0.2, 0.25) is 0 Å². The van der Waals surface area contributed by atoms with Gasteiger partial charge in [0.1, 0.15) is 5.69 Å². The second-order valence-corrected chi connectivity index (χ2v) is 8.77. The van der Waals surface area contributed by atoms with Gasteiger partial charge < -0.3 is 0 Å². The van der Waals surface area contributed by atoms with Crippen molar-refractivity contribution in [2.45, 2.75) is 24.7 Å². The molecule has 3 aromatic heterocycles. The fourth-order valence-electron chi connectivity index (χ4n) is 3.69. The highest BCUT2D eigenvalue weighted by Crippen LogP contribution is 2.30. The molecular weight excluding hydrogens is 398 g/mol. The molecule has 0 N–H and O–H groups in total. The van der Waals surface area contributed by atoms with Crippen LogP contribution in [0.25, 0.3) is 16.3 Å². The molecule has 5 rings (SSSR count). The maximum Gasteiger partial charge on any atom is 0.187 e. The SMILES string of the molecule is CSc1ncc2c(n1)CCN(Cc1cn(-c3ccccc3)nc1-c1cccs1)C2. The molecule has 5 nitrogen and oxygen atoms in total. The standard InChI is InChI=1S/C22H21N5S2/c1-28-22-23-12-16-13-26(10-9-19(16)24-22)14-17-15-27(18-6-3-2-4-7-18)25-21(17)20-8-5-11-29-20/h2-8,11-12,15H,9-10,13-14H2,1H3. The maximum atomic E-state index is 4.93. The lowest BCUT2D eigenvalue weighted by atomic mass is 10.1. The Morgan fingerprint density at radius 1 is 1.14 bits per heavy atom. The molecule has 4 aromatic rings. The number of hydrogen-bond acceptors (Lipinski definition) is 6. The van der Waals surface area contributed by atoms with Crippen LogP contribution in [0.4, 0.5) is 0 Å². The molecule has 0 atom stereocenters. The smallest absolute Gasteiger partial charge is 0.187 e. The van der Waals surface area contributed by atoms with Crippen molar-refractivity contribution in [2.75, 3.05) is 12.8 Å². The number of thioether (sulfide) groups is 1. The Balaban J connectivity index is 1.44. The number of aromatic nitrogens is 4. The van der Waals surface area contributed by atoms with Crippen LogP contribution in [-0.4, -0.2) is 37.4 Å². The molecule has 0 bridgehead atoms. The molecule has 0 spiro atoms. The zero-order valence-corrected chi connectivity index (χ0v) is 17.8. The normalized spacial score (nSPS) is 14.1. The largest absolute Gasteiger partial charge is 0.294 e. The first-order valence-electron chi connectivity index (χ1n) is 9.59. The van der Waals surface area contributed by atoms with E-state index < -0.39 is 0 Å². The van der Waals surface area contributed by atoms with Crippen LogP contribution in [0.5, 0.6) is 0 Å². The number of para-hydroxylation sites is 1. The van der Waals surface area contributed by atoms with E-state index in [-0.39, 0.29) is 0 Å². The average molecular weight is 420 g/mol. The van der Waals surface area contributed by atoms with Gasteiger partial charge in [0, 0.05) is 49.6 Å². The lowest BCUT2D eigenvalue weighted by Gasteiger charge is -2.27. The summed E-state index contributed by atoms with van der Waals surface area (Å²) < 4.78 is 2.00. The number of benzene rings is 1. The molecule has 1 aliphatic rings. The van der Waals surface area contributed by atoms with Crippen LogP contribution >= 0.6 is 23.1 Å². The second-order valence-electron chi connectivity index (χ2n) is 7.05. The molecule has 0 aliphatic carbocycles. The fraction of sp³-hybridized carbons (Fsp3) is 0.227. The van der Waals surface area contributed by atoms with Gasteiger partial charge in [-0.1, -0.05) is 36.0 Å². The van der Waals surface area contributed by atoms with Crippen molar-refractivity contribution in [1.82, 2.24) is 24.6 Å². The predicted molar refractivity (Wildman–Crippen MR) is 119 cm³/mol. The monoisotopic (exact) mass is 419 g/mol. The van der Waals surface area contributed by atoms with Crippen molar-refractivity contribution in [1.29, 1.82) is 0 Å². The van der Waals surface area contributed by atoms with Crippen LogP contribution in [0, 0.1) is 0 Å². The first kappa shape index (κ1) is 18.5. The number of nitrogens with zero attached hydrogens (tertiary/aromatic N) is 5. The van der Waals surface area contributed by atoms with Crippen molar-refractivity contribution in [2.24, 2.45) is 0 Å². The van der Waals surface area contributed by atoms with E-state index in [1.54, 1.807) is 23.1 Å². The van der Waals surface area contributed by atoms with Crippen LogP contribution in [-0.2, 0) is 19.5 Å². The van der Waals surface area contributed by atoms with Gasteiger partial charge in [-0.05, 0) is 29.8 Å². The molecule has 7 heteroatoms. The summed E-state index contributed by atoms with van der Waals surface area (Å²) in [7, 11) is 0. The fourth-order valence-corrected chi connectivity index (χ4v) is 4.79. The number of fused-ring (bicyclic) bond motifs is 1. The summed E-state index contributed by atoms with van der Waals surface area (Å²) in [4.78, 5) is 12.8. The van der Waals surface area contributed by atoms with Gasteiger partial charge in [0.05, 0.1) is 16.3 Å². The van der Waals surface area contributed by atoms with Crippen LogP contribution in [0.3, 0.4) is 0 Å². The first-order chi connectivity index (χ1) is 14.3. The highest BCUT2D eigenvalue weighted by molar-refractivity contribution is 7.98. The van der Waals surface area contributed by atoms with E-state index in [0.29, 0.717) is 0 Å². The lowest BCUT2D eigenvalue weighted by Crippen LogP contribution is -2.31. The molecule has 0 radical (unpaired) electrons. The molecular formula is C22H21N5S2. The van der Waals surface area contributed by atoms with Crippen LogP contribution in [0.1, 0.15) is 16.8 Å². The molecule has 0 unspecified atom stereocenters. The average Bonchev–Trinajstić information content (AvgIpc) is 3.44. The third kappa shape index (κ3) is 3.85. The van der Waals surface area contributed by atoms with E-state index >= 15 is 0 Å². The minimum Gasteiger partial charge on any atom is -0.294 e. The van der Waals surface area contributed by atoms with Crippen molar-refractivity contribution in [3.8, 4) is 16.3 Å². The maximum absolute atomic E-state index is 4.93. The van der Waals surface area contributed by atoms with E-state index in [2.05, 4.69) is 50.7 Å². The third-order valence-corrected chi connectivity index (χ3v) is 6.57. The van der Waals surface area contributed by atoms with E-state index in [0.717, 1.165) is 42.6 Å². The zero-order valence-electron chi connectivity index (χ0n) is 16.2. The zero-order chi connectivity index (χ0) is 19.6. The summed E-state index contributed by atoms with van der Waals surface area (Å²) >= 11 is 3.34. The van der Waals surface area contributed by atoms with Crippen LogP contribution < -0.4 is 0 Å². The van der Waals surface area contributed by atoms with Crippen LogP contribution in [0.2, 0.25) is 0 Å². The quantitative estimate of drug-likeness (QED) is 0.347. The van der Waals surface area contributed by atoms with Crippen molar-refractivity contribution in [3.63, 3.8) is 0 Å². The molecule has 0 amide bonds. The number of thiophene rings is 1. The number of hydrogen-bond donors (Lipinski definition) is 0. The molecule has 146 valence electrons. The highest BCUT2D eigenvalue weighted by atomic mass is 32.2. The Hall–Kier alpha value is -2.48. The molecule has 0 saturated heterocycles. The number of rotatable bonds is 5. The summed E-state index contributed by atoms with van der Waals surface area (Å²) in [6, 6.07) is 14.5. The Bertz CT molecular complexity index is 1110. The Labute approximate surface area is 178 Å². The van der Waals surface area contributed by atoms with Gasteiger partial charge in [0.25, 0.3) is 0 Å². The van der Waals surface area contributed by atoms with E-state index in [1.165, 1.54) is 21.7 Å². The van der Waals surface area contributed by atoms with Crippen molar-refractivity contribution in [3.05, 3.63) is 77.1 Å². The predicted octanol–water partition coefficient (Wildman–Crippen LogP) is 4.67. The Morgan fingerprint density at radius 2 is 2.03 bits per heavy atom. The summed E-state index contributed by atoms with van der Waals surface area (Å²) in [6.45, 7) is 2.74. The van der Waals surface area contributed by atoms with Gasteiger partial charge in [-0.3, -0.25) is 4.90 Å². The molecule has 1 aromatic carbocycles. The van der Waals surface area contributed by atoms with Crippen molar-refractivity contribution >= 4 is 23.1 Å². The first-order valence-corrected chi connectivity index (χ1v) is 11.7. The van der Waals surface area contributed by atoms with E-state index in [9.17, 15) is 0 Å². The lowest BCUT2D eigenvalue weighted by molar-refractivity contribution is 0.242. The molecule has 1 aliphatic heterocycles. The second kappa shape index (κ2) is 8.10. The van der Waals surface area contributed by atoms with Gasteiger partial charge in [-0.2, -0.15) is 5.10 Å². The highest BCUT2D eigenvalue weighted by Gasteiger charge is 2.21. The molecule has 0 saturated carbocycles. The molecule has 29 heavy (non-hydrogen) atoms. The summed E-state index contributed by atoms with van der Waals surface area (Å²) in [5.41, 5.74) is 5.84. The summed E-state index contributed by atoms with van der Waals surface area (Å²) in [5, 5.41) is 7.90. The van der Waals surface area contributed by atoms with Gasteiger partial charge in [0.15, 0.2) is 5.16 Å². The van der Waals surface area contributed by atoms with E-state index in [4.69, 9.17) is 5.10 Å². The summed E-state index contributed by atoms with van der Waals surface area (Å²) in [6.07, 6.45) is 7.15. The molecule has 4 heterocycles. The van der Waals surface area contributed by atoms with E-state index in [1.807, 2.05) is 35.3 Å². The van der Waals surface area contributed by atoms with Crippen LogP contribution in [0.15, 0.2) is 65.4 Å². The Kier molecular flexibility index (Phi) is 5.18. The minimum atomic E-state index is 0.862. The van der Waals surface area contributed by atoms with Gasteiger partial charge in [-0.25, -0.2) is 14.6 Å². The Morgan fingerprint density at radius 3 is 2.83 bits per heavy atom. The minimum absolute atomic E-state index is 0.862.